The van der Waals surface area contributed by atoms with Crippen LogP contribution in [-0.4, -0.2) is 54.3 Å². The Morgan fingerprint density at radius 2 is 2.33 bits per heavy atom. The summed E-state index contributed by atoms with van der Waals surface area (Å²) in [5.74, 6) is 0.573. The Labute approximate surface area is 111 Å². The molecule has 6 nitrogen and oxygen atoms in total. The van der Waals surface area contributed by atoms with Crippen LogP contribution in [0.25, 0.3) is 0 Å². The number of hydrogen-bond donors (Lipinski definition) is 2. The molecule has 1 atom stereocenters. The molecule has 2 heterocycles. The Kier molecular flexibility index (Phi) is 4.21. The van der Waals surface area contributed by atoms with E-state index in [-0.39, 0.29) is 11.4 Å². The molecule has 1 unspecified atom stereocenters. The van der Waals surface area contributed by atoms with Gasteiger partial charge in [-0.2, -0.15) is 4.98 Å². The molecule has 0 amide bonds. The van der Waals surface area contributed by atoms with Crippen molar-refractivity contribution in [2.24, 2.45) is 0 Å². The molecule has 0 aromatic carbocycles. The van der Waals surface area contributed by atoms with Gasteiger partial charge in [0.2, 0.25) is 5.28 Å². The molecule has 3 N–H and O–H groups in total. The number of aryl methyl sites for hydroxylation is 1. The van der Waals surface area contributed by atoms with Crippen LogP contribution in [0.15, 0.2) is 0 Å². The molecule has 2 rings (SSSR count). The molecule has 1 aliphatic rings. The van der Waals surface area contributed by atoms with Crippen molar-refractivity contribution in [3.05, 3.63) is 11.0 Å². The average molecular weight is 272 g/mol. The highest BCUT2D eigenvalue weighted by atomic mass is 35.5. The van der Waals surface area contributed by atoms with Crippen molar-refractivity contribution in [3.63, 3.8) is 0 Å². The average Bonchev–Trinajstić information content (AvgIpc) is 2.32. The van der Waals surface area contributed by atoms with E-state index in [0.29, 0.717) is 23.7 Å². The molecule has 0 bridgehead atoms. The van der Waals surface area contributed by atoms with Crippen LogP contribution in [-0.2, 0) is 4.74 Å². The van der Waals surface area contributed by atoms with Crippen LogP contribution in [0.1, 0.15) is 5.69 Å². The lowest BCUT2D eigenvalue weighted by Crippen LogP contribution is -2.43. The standard InChI is InChI=1S/C11H18ClN5O/c1-7-9(13)10(16-11(12)15-7)14-5-8-6-17(2)3-4-18-8/h8H,3-6,13H2,1-2H3,(H,14,15,16). The van der Waals surface area contributed by atoms with Crippen molar-refractivity contribution in [1.29, 1.82) is 0 Å². The fourth-order valence-electron chi connectivity index (χ4n) is 1.88. The van der Waals surface area contributed by atoms with Crippen molar-refractivity contribution in [1.82, 2.24) is 14.9 Å². The first-order valence-corrected chi connectivity index (χ1v) is 6.27. The molecule has 1 aromatic rings. The predicted molar refractivity (Wildman–Crippen MR) is 71.9 cm³/mol. The largest absolute Gasteiger partial charge is 0.394 e. The van der Waals surface area contributed by atoms with E-state index >= 15 is 0 Å². The molecule has 0 spiro atoms. The Balaban J connectivity index is 1.97. The summed E-state index contributed by atoms with van der Waals surface area (Å²) in [6.45, 7) is 5.07. The van der Waals surface area contributed by atoms with Gasteiger partial charge in [-0.1, -0.05) is 0 Å². The second kappa shape index (κ2) is 5.69. The van der Waals surface area contributed by atoms with E-state index in [4.69, 9.17) is 22.1 Å². The first-order chi connectivity index (χ1) is 8.56. The molecule has 1 aromatic heterocycles. The Morgan fingerprint density at radius 1 is 1.56 bits per heavy atom. The fraction of sp³-hybridized carbons (Fsp3) is 0.636. The molecule has 0 saturated carbocycles. The lowest BCUT2D eigenvalue weighted by Gasteiger charge is -2.30. The van der Waals surface area contributed by atoms with Gasteiger partial charge < -0.3 is 20.7 Å². The Bertz CT molecular complexity index is 428. The van der Waals surface area contributed by atoms with Crippen molar-refractivity contribution in [3.8, 4) is 0 Å². The Hall–Kier alpha value is -1.11. The van der Waals surface area contributed by atoms with Crippen LogP contribution in [0.4, 0.5) is 11.5 Å². The van der Waals surface area contributed by atoms with Gasteiger partial charge >= 0.3 is 0 Å². The number of nitrogen functional groups attached to an aromatic ring is 1. The molecule has 1 fully saturated rings. The number of likely N-dealkylation sites (N-methyl/N-ethyl adjacent to an activating group) is 1. The molecule has 0 aliphatic carbocycles. The maximum absolute atomic E-state index is 5.90. The molecule has 18 heavy (non-hydrogen) atoms. The molecule has 1 saturated heterocycles. The molecular weight excluding hydrogens is 254 g/mol. The van der Waals surface area contributed by atoms with Crippen molar-refractivity contribution in [2.75, 3.05) is 44.3 Å². The summed E-state index contributed by atoms with van der Waals surface area (Å²) < 4.78 is 5.65. The smallest absolute Gasteiger partial charge is 0.224 e. The van der Waals surface area contributed by atoms with Crippen molar-refractivity contribution < 1.29 is 4.74 Å². The summed E-state index contributed by atoms with van der Waals surface area (Å²) in [4.78, 5) is 10.3. The highest BCUT2D eigenvalue weighted by Gasteiger charge is 2.18. The second-order valence-corrected chi connectivity index (χ2v) is 4.81. The van der Waals surface area contributed by atoms with Crippen LogP contribution >= 0.6 is 11.6 Å². The minimum atomic E-state index is 0.136. The summed E-state index contributed by atoms with van der Waals surface area (Å²) in [5, 5.41) is 3.37. The summed E-state index contributed by atoms with van der Waals surface area (Å²) in [6.07, 6.45) is 0.136. The first kappa shape index (κ1) is 13.3. The maximum atomic E-state index is 5.90. The van der Waals surface area contributed by atoms with E-state index in [0.717, 1.165) is 19.7 Å². The summed E-state index contributed by atoms with van der Waals surface area (Å²) in [7, 11) is 2.08. The summed E-state index contributed by atoms with van der Waals surface area (Å²) >= 11 is 5.81. The molecule has 100 valence electrons. The quantitative estimate of drug-likeness (QED) is 0.791. The van der Waals surface area contributed by atoms with E-state index < -0.39 is 0 Å². The lowest BCUT2D eigenvalue weighted by molar-refractivity contribution is -0.0117. The lowest BCUT2D eigenvalue weighted by atomic mass is 10.2. The van der Waals surface area contributed by atoms with Gasteiger partial charge in [-0.05, 0) is 25.6 Å². The van der Waals surface area contributed by atoms with E-state index in [1.807, 2.05) is 0 Å². The highest BCUT2D eigenvalue weighted by molar-refractivity contribution is 6.28. The van der Waals surface area contributed by atoms with Crippen LogP contribution in [0.2, 0.25) is 5.28 Å². The summed E-state index contributed by atoms with van der Waals surface area (Å²) in [5.41, 5.74) is 7.11. The number of rotatable bonds is 3. The number of morpholine rings is 1. The van der Waals surface area contributed by atoms with Gasteiger partial charge in [0, 0.05) is 19.6 Å². The van der Waals surface area contributed by atoms with Crippen molar-refractivity contribution >= 4 is 23.1 Å². The number of ether oxygens (including phenoxy) is 1. The van der Waals surface area contributed by atoms with E-state index in [1.54, 1.807) is 6.92 Å². The fourth-order valence-corrected chi connectivity index (χ4v) is 2.09. The SMILES string of the molecule is Cc1nc(Cl)nc(NCC2CN(C)CCO2)c1N. The number of anilines is 2. The van der Waals surface area contributed by atoms with E-state index in [9.17, 15) is 0 Å². The molecular formula is C11H18ClN5O. The monoisotopic (exact) mass is 271 g/mol. The third kappa shape index (κ3) is 3.22. The highest BCUT2D eigenvalue weighted by Crippen LogP contribution is 2.20. The van der Waals surface area contributed by atoms with Crippen LogP contribution in [0, 0.1) is 6.92 Å². The van der Waals surface area contributed by atoms with Crippen LogP contribution < -0.4 is 11.1 Å². The predicted octanol–water partition coefficient (Wildman–Crippen LogP) is 0.763. The number of nitrogens with one attached hydrogen (secondary N) is 1. The van der Waals surface area contributed by atoms with E-state index in [2.05, 4.69) is 27.2 Å². The van der Waals surface area contributed by atoms with Gasteiger partial charge in [0.05, 0.1) is 24.1 Å². The number of nitrogens with two attached hydrogens (primary N) is 1. The zero-order valence-electron chi connectivity index (χ0n) is 10.6. The Morgan fingerprint density at radius 3 is 3.06 bits per heavy atom. The van der Waals surface area contributed by atoms with Crippen LogP contribution in [0.3, 0.4) is 0 Å². The first-order valence-electron chi connectivity index (χ1n) is 5.90. The molecule has 1 aliphatic heterocycles. The summed E-state index contributed by atoms with van der Waals surface area (Å²) in [6, 6.07) is 0. The maximum Gasteiger partial charge on any atom is 0.224 e. The van der Waals surface area contributed by atoms with E-state index in [1.165, 1.54) is 0 Å². The number of hydrogen-bond acceptors (Lipinski definition) is 6. The zero-order chi connectivity index (χ0) is 13.1. The third-order valence-corrected chi connectivity index (χ3v) is 3.12. The van der Waals surface area contributed by atoms with Gasteiger partial charge in [0.25, 0.3) is 0 Å². The topological polar surface area (TPSA) is 76.3 Å². The van der Waals surface area contributed by atoms with Gasteiger partial charge in [0.15, 0.2) is 5.82 Å². The van der Waals surface area contributed by atoms with Crippen LogP contribution in [0.5, 0.6) is 0 Å². The normalized spacial score (nSPS) is 20.9. The second-order valence-electron chi connectivity index (χ2n) is 4.48. The number of halogens is 1. The van der Waals surface area contributed by atoms with Gasteiger partial charge in [-0.25, -0.2) is 4.98 Å². The third-order valence-electron chi connectivity index (χ3n) is 2.95. The van der Waals surface area contributed by atoms with Gasteiger partial charge in [-0.3, -0.25) is 0 Å². The van der Waals surface area contributed by atoms with Gasteiger partial charge in [0.1, 0.15) is 0 Å². The number of aromatic nitrogens is 2. The minimum absolute atomic E-state index is 0.136. The minimum Gasteiger partial charge on any atom is -0.394 e. The number of nitrogens with zero attached hydrogens (tertiary/aromatic N) is 3. The molecule has 0 radical (unpaired) electrons. The zero-order valence-corrected chi connectivity index (χ0v) is 11.4. The van der Waals surface area contributed by atoms with Gasteiger partial charge in [-0.15, -0.1) is 0 Å². The molecule has 7 heteroatoms. The van der Waals surface area contributed by atoms with Crippen molar-refractivity contribution in [2.45, 2.75) is 13.0 Å².